The Bertz CT molecular complexity index is 647. The van der Waals surface area contributed by atoms with Crippen molar-refractivity contribution in [3.05, 3.63) is 36.1 Å². The number of halogens is 1. The maximum atomic E-state index is 13.3. The second-order valence-corrected chi connectivity index (χ2v) is 5.56. The second kappa shape index (κ2) is 7.76. The van der Waals surface area contributed by atoms with Crippen LogP contribution in [0.1, 0.15) is 33.6 Å². The average Bonchev–Trinajstić information content (AvgIpc) is 2.51. The number of rotatable bonds is 7. The molecule has 0 aliphatic heterocycles. The molecule has 0 aliphatic rings. The fraction of sp³-hybridized carbons (Fsp3) is 0.412. The van der Waals surface area contributed by atoms with Crippen molar-refractivity contribution >= 4 is 23.3 Å². The van der Waals surface area contributed by atoms with E-state index in [1.807, 2.05) is 0 Å². The molecule has 2 aromatic rings. The molecule has 0 spiro atoms. The number of hydrogen-bond donors (Lipinski definition) is 2. The number of nitrogen functional groups attached to an aromatic ring is 1. The topological polar surface area (TPSA) is 67.1 Å². The lowest BCUT2D eigenvalue weighted by Gasteiger charge is -2.29. The van der Waals surface area contributed by atoms with E-state index in [1.165, 1.54) is 12.1 Å². The Balaban J connectivity index is 2.30. The maximum absolute atomic E-state index is 13.3. The molecule has 6 heteroatoms. The van der Waals surface area contributed by atoms with Crippen LogP contribution in [0.25, 0.3) is 0 Å². The molecule has 0 saturated carbocycles. The minimum Gasteiger partial charge on any atom is -0.383 e. The summed E-state index contributed by atoms with van der Waals surface area (Å²) in [5, 5.41) is 3.01. The molecule has 1 aromatic heterocycles. The molecule has 1 atom stereocenters. The van der Waals surface area contributed by atoms with Gasteiger partial charge in [0.15, 0.2) is 0 Å². The van der Waals surface area contributed by atoms with Crippen LogP contribution in [0.3, 0.4) is 0 Å². The summed E-state index contributed by atoms with van der Waals surface area (Å²) < 4.78 is 13.3. The van der Waals surface area contributed by atoms with Gasteiger partial charge in [-0.1, -0.05) is 19.9 Å². The molecule has 0 bridgehead atoms. The van der Waals surface area contributed by atoms with Gasteiger partial charge in [-0.15, -0.1) is 0 Å². The highest BCUT2D eigenvalue weighted by atomic mass is 19.1. The summed E-state index contributed by atoms with van der Waals surface area (Å²) in [6.07, 6.45) is 2.03. The van der Waals surface area contributed by atoms with Crippen molar-refractivity contribution < 1.29 is 4.39 Å². The quantitative estimate of drug-likeness (QED) is 0.809. The molecule has 0 aliphatic carbocycles. The molecule has 124 valence electrons. The molecule has 1 unspecified atom stereocenters. The van der Waals surface area contributed by atoms with Gasteiger partial charge in [0.2, 0.25) is 5.95 Å². The molecular formula is C17H24FN5. The summed E-state index contributed by atoms with van der Waals surface area (Å²) in [5.41, 5.74) is 6.52. The van der Waals surface area contributed by atoms with Crippen molar-refractivity contribution in [2.24, 2.45) is 0 Å². The SMILES string of the molecule is CCCN(c1cc(N)nc(Nc2cccc(F)c2)n1)C(C)CC. The van der Waals surface area contributed by atoms with Crippen LogP contribution >= 0.6 is 0 Å². The zero-order valence-electron chi connectivity index (χ0n) is 13.9. The minimum atomic E-state index is -0.314. The summed E-state index contributed by atoms with van der Waals surface area (Å²) >= 11 is 0. The van der Waals surface area contributed by atoms with Crippen LogP contribution in [0.4, 0.5) is 27.7 Å². The Hall–Kier alpha value is -2.37. The van der Waals surface area contributed by atoms with Crippen LogP contribution in [0, 0.1) is 5.82 Å². The van der Waals surface area contributed by atoms with E-state index in [0.29, 0.717) is 23.5 Å². The largest absolute Gasteiger partial charge is 0.383 e. The number of anilines is 4. The van der Waals surface area contributed by atoms with Gasteiger partial charge in [0.25, 0.3) is 0 Å². The molecule has 2 rings (SSSR count). The summed E-state index contributed by atoms with van der Waals surface area (Å²) in [7, 11) is 0. The van der Waals surface area contributed by atoms with Gasteiger partial charge in [-0.2, -0.15) is 9.97 Å². The number of benzene rings is 1. The van der Waals surface area contributed by atoms with Gasteiger partial charge >= 0.3 is 0 Å². The Morgan fingerprint density at radius 3 is 2.70 bits per heavy atom. The van der Waals surface area contributed by atoms with Crippen LogP contribution in [0.2, 0.25) is 0 Å². The number of aromatic nitrogens is 2. The monoisotopic (exact) mass is 317 g/mol. The number of hydrogen-bond acceptors (Lipinski definition) is 5. The fourth-order valence-electron chi connectivity index (χ4n) is 2.37. The average molecular weight is 317 g/mol. The van der Waals surface area contributed by atoms with Crippen LogP contribution in [-0.4, -0.2) is 22.6 Å². The Morgan fingerprint density at radius 2 is 2.04 bits per heavy atom. The van der Waals surface area contributed by atoms with Crippen molar-refractivity contribution in [1.82, 2.24) is 9.97 Å². The molecule has 1 aromatic carbocycles. The molecule has 0 saturated heterocycles. The Kier molecular flexibility index (Phi) is 5.73. The van der Waals surface area contributed by atoms with Crippen molar-refractivity contribution in [2.45, 2.75) is 39.7 Å². The summed E-state index contributed by atoms with van der Waals surface area (Å²) in [5.74, 6) is 1.23. The van der Waals surface area contributed by atoms with Crippen LogP contribution in [0.15, 0.2) is 30.3 Å². The van der Waals surface area contributed by atoms with Gasteiger partial charge in [0.05, 0.1) is 0 Å². The molecule has 23 heavy (non-hydrogen) atoms. The number of nitrogens with two attached hydrogens (primary N) is 1. The molecule has 0 fully saturated rings. The van der Waals surface area contributed by atoms with Gasteiger partial charge in [0, 0.05) is 24.3 Å². The van der Waals surface area contributed by atoms with Gasteiger partial charge < -0.3 is 16.0 Å². The smallest absolute Gasteiger partial charge is 0.231 e. The fourth-order valence-corrected chi connectivity index (χ4v) is 2.37. The maximum Gasteiger partial charge on any atom is 0.231 e. The van der Waals surface area contributed by atoms with Crippen molar-refractivity contribution in [3.63, 3.8) is 0 Å². The summed E-state index contributed by atoms with van der Waals surface area (Å²) in [4.78, 5) is 11.0. The highest BCUT2D eigenvalue weighted by molar-refractivity contribution is 5.58. The molecule has 1 heterocycles. The van der Waals surface area contributed by atoms with E-state index in [4.69, 9.17) is 5.73 Å². The first-order chi connectivity index (χ1) is 11.0. The van der Waals surface area contributed by atoms with Gasteiger partial charge in [0.1, 0.15) is 17.5 Å². The molecule has 0 radical (unpaired) electrons. The zero-order chi connectivity index (χ0) is 16.8. The number of nitrogens with one attached hydrogen (secondary N) is 1. The second-order valence-electron chi connectivity index (χ2n) is 5.56. The van der Waals surface area contributed by atoms with E-state index in [0.717, 1.165) is 25.2 Å². The van der Waals surface area contributed by atoms with Crippen molar-refractivity contribution in [3.8, 4) is 0 Å². The van der Waals surface area contributed by atoms with E-state index in [-0.39, 0.29) is 5.82 Å². The van der Waals surface area contributed by atoms with Crippen LogP contribution in [0.5, 0.6) is 0 Å². The molecule has 0 amide bonds. The summed E-state index contributed by atoms with van der Waals surface area (Å²) in [6.45, 7) is 7.33. The van der Waals surface area contributed by atoms with Crippen molar-refractivity contribution in [2.75, 3.05) is 22.5 Å². The van der Waals surface area contributed by atoms with E-state index in [2.05, 4.69) is 41.0 Å². The van der Waals surface area contributed by atoms with Gasteiger partial charge in [-0.05, 0) is 38.0 Å². The first kappa shape index (κ1) is 17.0. The molecule has 3 N–H and O–H groups in total. The minimum absolute atomic E-state index is 0.314. The van der Waals surface area contributed by atoms with Crippen LogP contribution < -0.4 is 16.0 Å². The lowest BCUT2D eigenvalue weighted by molar-refractivity contribution is 0.603. The van der Waals surface area contributed by atoms with Gasteiger partial charge in [-0.3, -0.25) is 0 Å². The standard InChI is InChI=1S/C17H24FN5/c1-4-9-23(12(3)5-2)16-11-15(19)21-17(22-16)20-14-8-6-7-13(18)10-14/h6-8,10-12H,4-5,9H2,1-3H3,(H3,19,20,21,22). The highest BCUT2D eigenvalue weighted by Crippen LogP contribution is 2.22. The Labute approximate surface area is 136 Å². The third-order valence-electron chi connectivity index (χ3n) is 3.69. The third kappa shape index (κ3) is 4.55. The van der Waals surface area contributed by atoms with E-state index >= 15 is 0 Å². The van der Waals surface area contributed by atoms with E-state index in [1.54, 1.807) is 18.2 Å². The highest BCUT2D eigenvalue weighted by Gasteiger charge is 2.15. The number of nitrogens with zero attached hydrogens (tertiary/aromatic N) is 3. The van der Waals surface area contributed by atoms with Crippen LogP contribution in [-0.2, 0) is 0 Å². The van der Waals surface area contributed by atoms with Gasteiger partial charge in [-0.25, -0.2) is 4.39 Å². The Morgan fingerprint density at radius 1 is 1.26 bits per heavy atom. The summed E-state index contributed by atoms with van der Waals surface area (Å²) in [6, 6.07) is 8.30. The van der Waals surface area contributed by atoms with E-state index < -0.39 is 0 Å². The predicted octanol–water partition coefficient (Wildman–Crippen LogP) is 3.96. The predicted molar refractivity (Wildman–Crippen MR) is 93.5 cm³/mol. The zero-order valence-corrected chi connectivity index (χ0v) is 13.9. The van der Waals surface area contributed by atoms with Crippen molar-refractivity contribution in [1.29, 1.82) is 0 Å². The molecule has 5 nitrogen and oxygen atoms in total. The first-order valence-electron chi connectivity index (χ1n) is 7.97. The third-order valence-corrected chi connectivity index (χ3v) is 3.69. The lowest BCUT2D eigenvalue weighted by Crippen LogP contribution is -2.34. The van der Waals surface area contributed by atoms with E-state index in [9.17, 15) is 4.39 Å². The normalized spacial score (nSPS) is 12.0. The lowest BCUT2D eigenvalue weighted by atomic mass is 10.2. The first-order valence-corrected chi connectivity index (χ1v) is 7.97. The molecular weight excluding hydrogens is 293 g/mol.